The summed E-state index contributed by atoms with van der Waals surface area (Å²) < 4.78 is 29.2. The Balaban J connectivity index is 1.91. The summed E-state index contributed by atoms with van der Waals surface area (Å²) in [5.74, 6) is -0.0758. The van der Waals surface area contributed by atoms with Crippen LogP contribution >= 0.6 is 39.9 Å². The zero-order chi connectivity index (χ0) is 19.6. The van der Waals surface area contributed by atoms with E-state index >= 15 is 0 Å². The molecule has 0 N–H and O–H groups in total. The summed E-state index contributed by atoms with van der Waals surface area (Å²) in [6.07, 6.45) is 2.56. The van der Waals surface area contributed by atoms with Gasteiger partial charge in [-0.15, -0.1) is 0 Å². The molecule has 0 unspecified atom stereocenters. The Morgan fingerprint density at radius 3 is 2.59 bits per heavy atom. The summed E-state index contributed by atoms with van der Waals surface area (Å²) in [6, 6.07) is 14.4. The number of nitrogens with zero attached hydrogens (tertiary/aromatic N) is 1. The minimum absolute atomic E-state index is 0.147. The molecule has 1 aliphatic heterocycles. The summed E-state index contributed by atoms with van der Waals surface area (Å²) in [5, 5.41) is 0. The molecule has 5 nitrogen and oxygen atoms in total. The van der Waals surface area contributed by atoms with Crippen LogP contribution in [0.4, 0.5) is 0 Å². The largest absolute Gasteiger partial charge is 0.382 e. The van der Waals surface area contributed by atoms with E-state index in [-0.39, 0.29) is 11.7 Å². The fourth-order valence-electron chi connectivity index (χ4n) is 2.41. The first-order valence-electron chi connectivity index (χ1n) is 7.71. The van der Waals surface area contributed by atoms with Gasteiger partial charge in [0.1, 0.15) is 10.1 Å². The summed E-state index contributed by atoms with van der Waals surface area (Å²) in [5.41, 5.74) is 1.44. The van der Waals surface area contributed by atoms with E-state index in [1.54, 1.807) is 18.2 Å². The maximum atomic E-state index is 12.8. The second-order valence-corrected chi connectivity index (χ2v) is 9.89. The van der Waals surface area contributed by atoms with Gasteiger partial charge in [-0.2, -0.15) is 8.42 Å². The molecule has 0 spiro atoms. The normalized spacial score (nSPS) is 16.2. The number of thiocarbonyl (C=S) groups is 1. The van der Waals surface area contributed by atoms with Gasteiger partial charge >= 0.3 is 10.1 Å². The van der Waals surface area contributed by atoms with Crippen molar-refractivity contribution in [2.75, 3.05) is 6.26 Å². The Labute approximate surface area is 175 Å². The third kappa shape index (κ3) is 5.19. The van der Waals surface area contributed by atoms with Gasteiger partial charge in [-0.05, 0) is 29.8 Å². The molecule has 0 atom stereocenters. The molecule has 0 radical (unpaired) electrons. The van der Waals surface area contributed by atoms with Crippen LogP contribution in [0.5, 0.6) is 5.75 Å². The van der Waals surface area contributed by atoms with E-state index in [4.69, 9.17) is 16.4 Å². The third-order valence-electron chi connectivity index (χ3n) is 3.56. The Bertz CT molecular complexity index is 1040. The molecular weight excluding hydrogens is 470 g/mol. The number of halogens is 1. The Morgan fingerprint density at radius 1 is 1.22 bits per heavy atom. The van der Waals surface area contributed by atoms with Crippen molar-refractivity contribution in [1.82, 2.24) is 4.90 Å². The van der Waals surface area contributed by atoms with Gasteiger partial charge in [-0.1, -0.05) is 70.2 Å². The Morgan fingerprint density at radius 2 is 1.93 bits per heavy atom. The molecule has 1 aliphatic rings. The van der Waals surface area contributed by atoms with Gasteiger partial charge in [-0.3, -0.25) is 9.69 Å². The fourth-order valence-corrected chi connectivity index (χ4v) is 4.52. The molecule has 1 saturated heterocycles. The number of amides is 1. The molecule has 27 heavy (non-hydrogen) atoms. The van der Waals surface area contributed by atoms with E-state index < -0.39 is 10.1 Å². The van der Waals surface area contributed by atoms with Crippen LogP contribution in [0, 0.1) is 0 Å². The first-order valence-corrected chi connectivity index (χ1v) is 11.5. The number of rotatable bonds is 5. The van der Waals surface area contributed by atoms with E-state index in [9.17, 15) is 13.2 Å². The van der Waals surface area contributed by atoms with E-state index in [0.717, 1.165) is 16.3 Å². The Hall–Kier alpha value is -1.68. The summed E-state index contributed by atoms with van der Waals surface area (Å²) in [7, 11) is -3.69. The SMILES string of the molecule is CS(=O)(=O)Oc1ccc(Br)cc1/C=C1\SC(=S)N(Cc2ccccc2)C1=O. The van der Waals surface area contributed by atoms with Crippen molar-refractivity contribution in [2.24, 2.45) is 0 Å². The highest BCUT2D eigenvalue weighted by molar-refractivity contribution is 9.10. The predicted octanol–water partition coefficient (Wildman–Crippen LogP) is 4.19. The molecule has 0 bridgehead atoms. The number of carbonyl (C=O) groups excluding carboxylic acids is 1. The molecule has 2 aromatic rings. The molecule has 9 heteroatoms. The third-order valence-corrected chi connectivity index (χ3v) is 5.91. The zero-order valence-corrected chi connectivity index (χ0v) is 18.1. The number of benzene rings is 2. The van der Waals surface area contributed by atoms with Crippen molar-refractivity contribution < 1.29 is 17.4 Å². The lowest BCUT2D eigenvalue weighted by molar-refractivity contribution is -0.122. The first kappa shape index (κ1) is 20.1. The van der Waals surface area contributed by atoms with Crippen molar-refractivity contribution in [3.05, 3.63) is 69.0 Å². The van der Waals surface area contributed by atoms with Gasteiger partial charge in [0.2, 0.25) is 0 Å². The molecule has 1 heterocycles. The van der Waals surface area contributed by atoms with Gasteiger partial charge < -0.3 is 4.18 Å². The first-order chi connectivity index (χ1) is 12.7. The number of carbonyl (C=O) groups is 1. The minimum Gasteiger partial charge on any atom is -0.382 e. The van der Waals surface area contributed by atoms with E-state index in [1.165, 1.54) is 22.7 Å². The lowest BCUT2D eigenvalue weighted by Crippen LogP contribution is -2.27. The van der Waals surface area contributed by atoms with Crippen LogP contribution in [-0.4, -0.2) is 29.8 Å². The minimum atomic E-state index is -3.69. The summed E-state index contributed by atoms with van der Waals surface area (Å²) >= 11 is 9.87. The highest BCUT2D eigenvalue weighted by atomic mass is 79.9. The van der Waals surface area contributed by atoms with Crippen molar-refractivity contribution in [3.8, 4) is 5.75 Å². The smallest absolute Gasteiger partial charge is 0.306 e. The molecular formula is C18H14BrNO4S3. The van der Waals surface area contributed by atoms with Gasteiger partial charge in [0, 0.05) is 10.0 Å². The van der Waals surface area contributed by atoms with Crippen molar-refractivity contribution in [2.45, 2.75) is 6.54 Å². The van der Waals surface area contributed by atoms with Gasteiger partial charge in [0.05, 0.1) is 17.7 Å². The van der Waals surface area contributed by atoms with Crippen LogP contribution in [-0.2, 0) is 21.5 Å². The predicted molar refractivity (Wildman–Crippen MR) is 115 cm³/mol. The van der Waals surface area contributed by atoms with Crippen LogP contribution in [0.15, 0.2) is 57.9 Å². The molecule has 0 saturated carbocycles. The molecule has 140 valence electrons. The van der Waals surface area contributed by atoms with E-state index in [1.807, 2.05) is 30.3 Å². The molecule has 1 amide bonds. The number of thioether (sulfide) groups is 1. The van der Waals surface area contributed by atoms with E-state index in [2.05, 4.69) is 15.9 Å². The highest BCUT2D eigenvalue weighted by Crippen LogP contribution is 2.36. The standard InChI is InChI=1S/C18H14BrNO4S3/c1-27(22,23)24-15-8-7-14(19)9-13(15)10-16-17(21)20(18(25)26-16)11-12-5-3-2-4-6-12/h2-10H,11H2,1H3/b16-10-. The molecule has 3 rings (SSSR count). The number of hydrogen-bond acceptors (Lipinski definition) is 6. The summed E-state index contributed by atoms with van der Waals surface area (Å²) in [4.78, 5) is 14.7. The van der Waals surface area contributed by atoms with Gasteiger partial charge in [0.15, 0.2) is 0 Å². The summed E-state index contributed by atoms with van der Waals surface area (Å²) in [6.45, 7) is 0.383. The second-order valence-electron chi connectivity index (χ2n) is 5.72. The van der Waals surface area contributed by atoms with Crippen LogP contribution < -0.4 is 4.18 Å². The van der Waals surface area contributed by atoms with E-state index in [0.29, 0.717) is 21.3 Å². The topological polar surface area (TPSA) is 63.7 Å². The lowest BCUT2D eigenvalue weighted by Gasteiger charge is -2.14. The molecule has 2 aromatic carbocycles. The average molecular weight is 484 g/mol. The van der Waals surface area contributed by atoms with Gasteiger partial charge in [-0.25, -0.2) is 0 Å². The Kier molecular flexibility index (Phi) is 6.05. The average Bonchev–Trinajstić information content (AvgIpc) is 2.85. The molecule has 0 aromatic heterocycles. The van der Waals surface area contributed by atoms with Crippen LogP contribution in [0.1, 0.15) is 11.1 Å². The molecule has 1 fully saturated rings. The lowest BCUT2D eigenvalue weighted by atomic mass is 10.2. The van der Waals surface area contributed by atoms with Crippen molar-refractivity contribution >= 4 is 66.3 Å². The molecule has 0 aliphatic carbocycles. The van der Waals surface area contributed by atoms with Gasteiger partial charge in [0.25, 0.3) is 5.91 Å². The monoisotopic (exact) mass is 483 g/mol. The maximum Gasteiger partial charge on any atom is 0.306 e. The maximum absolute atomic E-state index is 12.8. The highest BCUT2D eigenvalue weighted by Gasteiger charge is 2.32. The second kappa shape index (κ2) is 8.14. The van der Waals surface area contributed by atoms with Crippen LogP contribution in [0.3, 0.4) is 0 Å². The van der Waals surface area contributed by atoms with Crippen LogP contribution in [0.2, 0.25) is 0 Å². The van der Waals surface area contributed by atoms with Crippen molar-refractivity contribution in [1.29, 1.82) is 0 Å². The van der Waals surface area contributed by atoms with Crippen molar-refractivity contribution in [3.63, 3.8) is 0 Å². The number of hydrogen-bond donors (Lipinski definition) is 0. The quantitative estimate of drug-likeness (QED) is 0.360. The zero-order valence-electron chi connectivity index (χ0n) is 14.1. The van der Waals surface area contributed by atoms with Crippen LogP contribution in [0.25, 0.3) is 6.08 Å². The fraction of sp³-hybridized carbons (Fsp3) is 0.111.